The second-order valence-corrected chi connectivity index (χ2v) is 8.51. The Morgan fingerprint density at radius 2 is 1.80 bits per heavy atom. The monoisotopic (exact) mass is 436 g/mol. The molecule has 0 aliphatic carbocycles. The van der Waals surface area contributed by atoms with Gasteiger partial charge in [0.25, 0.3) is 0 Å². The number of benzene rings is 2. The Morgan fingerprint density at radius 1 is 1.07 bits per heavy atom. The topological polar surface area (TPSA) is 94.2 Å². The average molecular weight is 437 g/mol. The second-order valence-electron chi connectivity index (χ2n) is 6.94. The van der Waals surface area contributed by atoms with Gasteiger partial charge in [0.2, 0.25) is 0 Å². The molecular weight excluding hydrogens is 408 g/mol. The van der Waals surface area contributed by atoms with Gasteiger partial charge in [-0.3, -0.25) is 0 Å². The molecule has 0 fully saturated rings. The van der Waals surface area contributed by atoms with Crippen molar-refractivity contribution < 1.29 is 26.9 Å². The summed E-state index contributed by atoms with van der Waals surface area (Å²) in [5, 5.41) is 2.92. The molecule has 0 aliphatic rings. The van der Waals surface area contributed by atoms with Crippen LogP contribution in [0.2, 0.25) is 0 Å². The van der Waals surface area contributed by atoms with Crippen LogP contribution in [-0.4, -0.2) is 53.0 Å². The van der Waals surface area contributed by atoms with Crippen molar-refractivity contribution >= 4 is 21.8 Å². The Kier molecular flexibility index (Phi) is 8.08. The third-order valence-corrected chi connectivity index (χ3v) is 4.80. The first-order valence-electron chi connectivity index (χ1n) is 9.31. The molecule has 164 valence electrons. The number of rotatable bonds is 9. The maximum atomic E-state index is 12.9. The summed E-state index contributed by atoms with van der Waals surface area (Å²) in [6.45, 7) is 4.85. The molecule has 9 heteroatoms. The number of nitrogens with zero attached hydrogens (tertiary/aromatic N) is 1. The van der Waals surface area contributed by atoms with Gasteiger partial charge in [0.1, 0.15) is 0 Å². The third kappa shape index (κ3) is 6.93. The molecule has 0 saturated carbocycles. The van der Waals surface area contributed by atoms with Gasteiger partial charge in [0.05, 0.1) is 20.0 Å². The summed E-state index contributed by atoms with van der Waals surface area (Å²) >= 11 is 0. The van der Waals surface area contributed by atoms with Crippen LogP contribution >= 0.6 is 0 Å². The molecule has 0 bridgehead atoms. The first-order chi connectivity index (χ1) is 14.1. The van der Waals surface area contributed by atoms with E-state index < -0.39 is 10.1 Å². The van der Waals surface area contributed by atoms with E-state index in [1.165, 1.54) is 7.11 Å². The fourth-order valence-electron chi connectivity index (χ4n) is 2.87. The van der Waals surface area contributed by atoms with E-state index in [1.54, 1.807) is 30.2 Å². The summed E-state index contributed by atoms with van der Waals surface area (Å²) in [7, 11) is -0.743. The number of ether oxygens (including phenoxy) is 2. The summed E-state index contributed by atoms with van der Waals surface area (Å²) in [4.78, 5) is 14.5. The van der Waals surface area contributed by atoms with E-state index in [9.17, 15) is 13.2 Å². The van der Waals surface area contributed by atoms with Crippen molar-refractivity contribution in [2.75, 3.05) is 38.9 Å². The summed E-state index contributed by atoms with van der Waals surface area (Å²) in [5.74, 6) is 0.353. The minimum absolute atomic E-state index is 0.0685. The quantitative estimate of drug-likeness (QED) is 0.606. The van der Waals surface area contributed by atoms with Crippen LogP contribution in [0.15, 0.2) is 36.4 Å². The van der Waals surface area contributed by atoms with E-state index in [-0.39, 0.29) is 24.1 Å². The van der Waals surface area contributed by atoms with Crippen LogP contribution < -0.4 is 14.2 Å². The molecule has 0 unspecified atom stereocenters. The highest BCUT2D eigenvalue weighted by Crippen LogP contribution is 2.29. The van der Waals surface area contributed by atoms with Crippen LogP contribution in [0.4, 0.5) is 10.5 Å². The molecule has 0 radical (unpaired) electrons. The molecule has 2 aromatic carbocycles. The number of nitrogens with one attached hydrogen (secondary N) is 1. The molecule has 0 heterocycles. The predicted molar refractivity (Wildman–Crippen MR) is 116 cm³/mol. The van der Waals surface area contributed by atoms with Gasteiger partial charge in [-0.05, 0) is 43.2 Å². The fraction of sp³-hybridized carbons (Fsp3) is 0.381. The maximum absolute atomic E-state index is 12.9. The molecule has 2 rings (SSSR count). The van der Waals surface area contributed by atoms with Gasteiger partial charge >= 0.3 is 16.1 Å². The van der Waals surface area contributed by atoms with E-state index in [1.807, 2.05) is 32.0 Å². The standard InChI is InChI=1S/C21H28N2O6S/c1-15-6-8-18(16(2)12-15)22-21(24)23(10-11-27-3)14-17-7-9-19(28-4)20(13-17)29-30(5,25)26/h6-9,12-13H,10-11,14H2,1-5H3,(H,22,24). The predicted octanol–water partition coefficient (Wildman–Crippen LogP) is 3.33. The van der Waals surface area contributed by atoms with Crippen molar-refractivity contribution in [2.24, 2.45) is 0 Å². The van der Waals surface area contributed by atoms with Gasteiger partial charge in [-0.15, -0.1) is 0 Å². The number of hydrogen-bond donors (Lipinski definition) is 1. The van der Waals surface area contributed by atoms with Gasteiger partial charge in [-0.2, -0.15) is 8.42 Å². The lowest BCUT2D eigenvalue weighted by atomic mass is 10.1. The zero-order chi connectivity index (χ0) is 22.3. The number of amides is 2. The summed E-state index contributed by atoms with van der Waals surface area (Å²) < 4.78 is 38.4. The summed E-state index contributed by atoms with van der Waals surface area (Å²) in [5.41, 5.74) is 3.48. The van der Waals surface area contributed by atoms with Gasteiger partial charge in [0, 0.05) is 25.9 Å². The van der Waals surface area contributed by atoms with Crippen LogP contribution in [0.3, 0.4) is 0 Å². The zero-order valence-corrected chi connectivity index (χ0v) is 18.7. The molecule has 2 aromatic rings. The molecule has 0 aromatic heterocycles. The van der Waals surface area contributed by atoms with E-state index >= 15 is 0 Å². The average Bonchev–Trinajstić information content (AvgIpc) is 2.66. The van der Waals surface area contributed by atoms with Crippen LogP contribution in [-0.2, 0) is 21.4 Å². The second kappa shape index (κ2) is 10.3. The number of anilines is 1. The van der Waals surface area contributed by atoms with Crippen molar-refractivity contribution in [3.05, 3.63) is 53.1 Å². The minimum atomic E-state index is -3.73. The van der Waals surface area contributed by atoms with E-state index in [2.05, 4.69) is 5.32 Å². The molecule has 0 saturated heterocycles. The van der Waals surface area contributed by atoms with Crippen molar-refractivity contribution in [3.8, 4) is 11.5 Å². The van der Waals surface area contributed by atoms with Gasteiger partial charge in [-0.1, -0.05) is 23.8 Å². The Balaban J connectivity index is 2.24. The third-order valence-electron chi connectivity index (χ3n) is 4.32. The molecule has 2 amide bonds. The molecule has 0 spiro atoms. The van der Waals surface area contributed by atoms with E-state index in [0.29, 0.717) is 18.7 Å². The first-order valence-corrected chi connectivity index (χ1v) is 11.1. The molecule has 30 heavy (non-hydrogen) atoms. The van der Waals surface area contributed by atoms with Gasteiger partial charge < -0.3 is 23.9 Å². The van der Waals surface area contributed by atoms with Crippen LogP contribution in [0.1, 0.15) is 16.7 Å². The highest BCUT2D eigenvalue weighted by Gasteiger charge is 2.17. The van der Waals surface area contributed by atoms with Crippen molar-refractivity contribution in [1.82, 2.24) is 4.90 Å². The van der Waals surface area contributed by atoms with Crippen molar-refractivity contribution in [1.29, 1.82) is 0 Å². The smallest absolute Gasteiger partial charge is 0.322 e. The lowest BCUT2D eigenvalue weighted by Crippen LogP contribution is -2.37. The van der Waals surface area contributed by atoms with Crippen LogP contribution in [0.5, 0.6) is 11.5 Å². The Bertz CT molecular complexity index is 991. The highest BCUT2D eigenvalue weighted by molar-refractivity contribution is 7.86. The minimum Gasteiger partial charge on any atom is -0.493 e. The first kappa shape index (κ1) is 23.5. The fourth-order valence-corrected chi connectivity index (χ4v) is 3.33. The molecule has 0 atom stereocenters. The maximum Gasteiger partial charge on any atom is 0.322 e. The normalized spacial score (nSPS) is 11.1. The Hall–Kier alpha value is -2.78. The molecular formula is C21H28N2O6S. The van der Waals surface area contributed by atoms with Gasteiger partial charge in [-0.25, -0.2) is 4.79 Å². The van der Waals surface area contributed by atoms with E-state index in [4.69, 9.17) is 13.7 Å². The number of hydrogen-bond acceptors (Lipinski definition) is 6. The van der Waals surface area contributed by atoms with Gasteiger partial charge in [0.15, 0.2) is 11.5 Å². The number of aryl methyl sites for hydroxylation is 2. The lowest BCUT2D eigenvalue weighted by molar-refractivity contribution is 0.153. The van der Waals surface area contributed by atoms with Crippen LogP contribution in [0.25, 0.3) is 0 Å². The zero-order valence-electron chi connectivity index (χ0n) is 17.9. The van der Waals surface area contributed by atoms with Crippen molar-refractivity contribution in [2.45, 2.75) is 20.4 Å². The summed E-state index contributed by atoms with van der Waals surface area (Å²) in [6, 6.07) is 10.4. The number of carbonyl (C=O) groups is 1. The molecule has 0 aliphatic heterocycles. The van der Waals surface area contributed by atoms with Crippen LogP contribution in [0, 0.1) is 13.8 Å². The molecule has 8 nitrogen and oxygen atoms in total. The Labute approximate surface area is 177 Å². The number of carbonyl (C=O) groups excluding carboxylic acids is 1. The Morgan fingerprint density at radius 3 is 2.40 bits per heavy atom. The number of methoxy groups -OCH3 is 2. The summed E-state index contributed by atoms with van der Waals surface area (Å²) in [6.07, 6.45) is 0.960. The lowest BCUT2D eigenvalue weighted by Gasteiger charge is -2.24. The van der Waals surface area contributed by atoms with Crippen molar-refractivity contribution in [3.63, 3.8) is 0 Å². The largest absolute Gasteiger partial charge is 0.493 e. The SMILES string of the molecule is COCCN(Cc1ccc(OC)c(OS(C)(=O)=O)c1)C(=O)Nc1ccc(C)cc1C. The highest BCUT2D eigenvalue weighted by atomic mass is 32.2. The van der Waals surface area contributed by atoms with E-state index in [0.717, 1.165) is 23.1 Å². The molecule has 1 N–H and O–H groups in total. The number of urea groups is 1.